The highest BCUT2D eigenvalue weighted by molar-refractivity contribution is 7.05. The van der Waals surface area contributed by atoms with Crippen LogP contribution in [0, 0.1) is 6.92 Å². The van der Waals surface area contributed by atoms with E-state index in [1.54, 1.807) is 7.11 Å². The first kappa shape index (κ1) is 12.0. The summed E-state index contributed by atoms with van der Waals surface area (Å²) < 4.78 is 9.20. The van der Waals surface area contributed by atoms with Gasteiger partial charge in [0.15, 0.2) is 0 Å². The number of aryl methyl sites for hydroxylation is 1. The van der Waals surface area contributed by atoms with E-state index in [-0.39, 0.29) is 0 Å². The molecule has 0 saturated carbocycles. The zero-order chi connectivity index (χ0) is 12.1. The Kier molecular flexibility index (Phi) is 4.06. The molecule has 0 fully saturated rings. The Balaban J connectivity index is 1.92. The summed E-state index contributed by atoms with van der Waals surface area (Å²) in [6.07, 6.45) is 0. The molecular formula is C12H15N3OS. The number of hydrogen-bond acceptors (Lipinski definition) is 5. The molecule has 0 radical (unpaired) electrons. The molecule has 1 heterocycles. The van der Waals surface area contributed by atoms with E-state index in [2.05, 4.69) is 21.0 Å². The van der Waals surface area contributed by atoms with Crippen LogP contribution in [-0.2, 0) is 13.1 Å². The maximum Gasteiger partial charge on any atom is 0.123 e. The smallest absolute Gasteiger partial charge is 0.123 e. The Bertz CT molecular complexity index is 484. The van der Waals surface area contributed by atoms with Gasteiger partial charge < -0.3 is 10.1 Å². The molecule has 90 valence electrons. The molecule has 0 aliphatic rings. The second-order valence-electron chi connectivity index (χ2n) is 3.70. The fourth-order valence-corrected chi connectivity index (χ4v) is 2.17. The molecule has 0 aliphatic carbocycles. The highest BCUT2D eigenvalue weighted by Gasteiger charge is 2.04. The van der Waals surface area contributed by atoms with Crippen LogP contribution in [0.25, 0.3) is 0 Å². The van der Waals surface area contributed by atoms with Crippen molar-refractivity contribution in [1.82, 2.24) is 14.9 Å². The monoisotopic (exact) mass is 249 g/mol. The van der Waals surface area contributed by atoms with Gasteiger partial charge in [-0.15, -0.1) is 5.10 Å². The van der Waals surface area contributed by atoms with Gasteiger partial charge in [0.2, 0.25) is 0 Å². The van der Waals surface area contributed by atoms with Gasteiger partial charge in [-0.1, -0.05) is 22.7 Å². The number of hydrogen-bond donors (Lipinski definition) is 1. The van der Waals surface area contributed by atoms with Gasteiger partial charge in [0, 0.05) is 18.7 Å². The standard InChI is InChI=1S/C12H15N3OS/c1-9-12(17-15-14-9)8-13-7-10-5-3-4-6-11(10)16-2/h3-6,13H,7-8H2,1-2H3. The minimum atomic E-state index is 0.779. The third-order valence-electron chi connectivity index (χ3n) is 2.54. The van der Waals surface area contributed by atoms with Gasteiger partial charge in [0.1, 0.15) is 5.75 Å². The summed E-state index contributed by atoms with van der Waals surface area (Å²) in [5, 5.41) is 7.35. The molecule has 2 aromatic rings. The van der Waals surface area contributed by atoms with E-state index in [0.29, 0.717) is 0 Å². The second kappa shape index (κ2) is 5.75. The molecular weight excluding hydrogens is 234 g/mol. The van der Waals surface area contributed by atoms with Gasteiger partial charge in [0.25, 0.3) is 0 Å². The van der Waals surface area contributed by atoms with Crippen molar-refractivity contribution in [1.29, 1.82) is 0 Å². The number of methoxy groups -OCH3 is 1. The molecule has 0 saturated heterocycles. The minimum absolute atomic E-state index is 0.779. The van der Waals surface area contributed by atoms with Crippen LogP contribution >= 0.6 is 11.5 Å². The number of aromatic nitrogens is 2. The minimum Gasteiger partial charge on any atom is -0.496 e. The molecule has 5 heteroatoms. The fraction of sp³-hybridized carbons (Fsp3) is 0.333. The number of nitrogens with one attached hydrogen (secondary N) is 1. The van der Waals surface area contributed by atoms with Gasteiger partial charge in [-0.2, -0.15) is 0 Å². The molecule has 1 N–H and O–H groups in total. The molecule has 0 spiro atoms. The molecule has 0 atom stereocenters. The number of benzene rings is 1. The Morgan fingerprint density at radius 2 is 2.12 bits per heavy atom. The van der Waals surface area contributed by atoms with Gasteiger partial charge in [-0.05, 0) is 24.5 Å². The predicted octanol–water partition coefficient (Wildman–Crippen LogP) is 2.14. The molecule has 0 aliphatic heterocycles. The molecule has 17 heavy (non-hydrogen) atoms. The van der Waals surface area contributed by atoms with Crippen molar-refractivity contribution >= 4 is 11.5 Å². The van der Waals surface area contributed by atoms with Crippen LogP contribution in [-0.4, -0.2) is 16.7 Å². The van der Waals surface area contributed by atoms with Crippen molar-refractivity contribution in [3.05, 3.63) is 40.4 Å². The molecule has 1 aromatic heterocycles. The lowest BCUT2D eigenvalue weighted by Gasteiger charge is -2.08. The van der Waals surface area contributed by atoms with Crippen LogP contribution < -0.4 is 10.1 Å². The van der Waals surface area contributed by atoms with Crippen LogP contribution in [0.2, 0.25) is 0 Å². The van der Waals surface area contributed by atoms with E-state index in [1.165, 1.54) is 16.4 Å². The number of rotatable bonds is 5. The number of nitrogens with zero attached hydrogens (tertiary/aromatic N) is 2. The normalized spacial score (nSPS) is 10.5. The lowest BCUT2D eigenvalue weighted by atomic mass is 10.2. The molecule has 0 bridgehead atoms. The van der Waals surface area contributed by atoms with Crippen molar-refractivity contribution in [2.75, 3.05) is 7.11 Å². The molecule has 2 rings (SSSR count). The van der Waals surface area contributed by atoms with E-state index in [4.69, 9.17) is 4.74 Å². The molecule has 1 aromatic carbocycles. The summed E-state index contributed by atoms with van der Waals surface area (Å²) in [6, 6.07) is 8.01. The molecule has 4 nitrogen and oxygen atoms in total. The summed E-state index contributed by atoms with van der Waals surface area (Å²) >= 11 is 1.44. The summed E-state index contributed by atoms with van der Waals surface area (Å²) in [7, 11) is 1.69. The van der Waals surface area contributed by atoms with Crippen LogP contribution in [0.15, 0.2) is 24.3 Å². The maximum atomic E-state index is 5.29. The fourth-order valence-electron chi connectivity index (χ4n) is 1.57. The Labute approximate surface area is 105 Å². The zero-order valence-electron chi connectivity index (χ0n) is 9.93. The van der Waals surface area contributed by atoms with Crippen LogP contribution in [0.5, 0.6) is 5.75 Å². The average Bonchev–Trinajstić information content (AvgIpc) is 2.76. The predicted molar refractivity (Wildman–Crippen MR) is 68.2 cm³/mol. The van der Waals surface area contributed by atoms with Gasteiger partial charge in [0.05, 0.1) is 17.7 Å². The molecule has 0 unspecified atom stereocenters. The first-order chi connectivity index (χ1) is 8.31. The Morgan fingerprint density at radius 1 is 1.29 bits per heavy atom. The van der Waals surface area contributed by atoms with E-state index < -0.39 is 0 Å². The Morgan fingerprint density at radius 3 is 2.82 bits per heavy atom. The Hall–Kier alpha value is -1.46. The summed E-state index contributed by atoms with van der Waals surface area (Å²) in [4.78, 5) is 1.18. The van der Waals surface area contributed by atoms with Crippen molar-refractivity contribution < 1.29 is 4.74 Å². The summed E-state index contributed by atoms with van der Waals surface area (Å²) in [5.74, 6) is 0.916. The quantitative estimate of drug-likeness (QED) is 0.882. The summed E-state index contributed by atoms with van der Waals surface area (Å²) in [5.41, 5.74) is 2.16. The summed E-state index contributed by atoms with van der Waals surface area (Å²) in [6.45, 7) is 3.55. The van der Waals surface area contributed by atoms with E-state index in [0.717, 1.165) is 30.1 Å². The van der Waals surface area contributed by atoms with Gasteiger partial charge in [-0.25, -0.2) is 0 Å². The third-order valence-corrected chi connectivity index (χ3v) is 3.36. The molecule has 0 amide bonds. The number of ether oxygens (including phenoxy) is 1. The van der Waals surface area contributed by atoms with Crippen LogP contribution in [0.3, 0.4) is 0 Å². The van der Waals surface area contributed by atoms with E-state index in [9.17, 15) is 0 Å². The van der Waals surface area contributed by atoms with E-state index >= 15 is 0 Å². The van der Waals surface area contributed by atoms with Crippen molar-refractivity contribution in [3.8, 4) is 5.75 Å². The second-order valence-corrected chi connectivity index (χ2v) is 4.54. The first-order valence-electron chi connectivity index (χ1n) is 5.41. The van der Waals surface area contributed by atoms with Crippen LogP contribution in [0.4, 0.5) is 0 Å². The first-order valence-corrected chi connectivity index (χ1v) is 6.19. The van der Waals surface area contributed by atoms with Crippen molar-refractivity contribution in [3.63, 3.8) is 0 Å². The van der Waals surface area contributed by atoms with Gasteiger partial charge in [-0.3, -0.25) is 0 Å². The van der Waals surface area contributed by atoms with E-state index in [1.807, 2.05) is 25.1 Å². The van der Waals surface area contributed by atoms with Crippen molar-refractivity contribution in [2.24, 2.45) is 0 Å². The van der Waals surface area contributed by atoms with Gasteiger partial charge >= 0.3 is 0 Å². The third kappa shape index (κ3) is 3.01. The van der Waals surface area contributed by atoms with Crippen LogP contribution in [0.1, 0.15) is 16.1 Å². The number of para-hydroxylation sites is 1. The average molecular weight is 249 g/mol. The maximum absolute atomic E-state index is 5.29. The highest BCUT2D eigenvalue weighted by atomic mass is 32.1. The highest BCUT2D eigenvalue weighted by Crippen LogP contribution is 2.17. The lowest BCUT2D eigenvalue weighted by Crippen LogP contribution is -2.13. The largest absolute Gasteiger partial charge is 0.496 e. The SMILES string of the molecule is COc1ccccc1CNCc1snnc1C. The topological polar surface area (TPSA) is 47.0 Å². The zero-order valence-corrected chi connectivity index (χ0v) is 10.8. The lowest BCUT2D eigenvalue weighted by molar-refractivity contribution is 0.407. The van der Waals surface area contributed by atoms with Crippen molar-refractivity contribution in [2.45, 2.75) is 20.0 Å².